The SMILES string of the molecule is COCCNS(=O)(=O)c1ccc(C)c(C(=O)NCc2ccc(C(F)(F)F)cc2)c1. The average Bonchev–Trinajstić information content (AvgIpc) is 2.66. The summed E-state index contributed by atoms with van der Waals surface area (Å²) in [5, 5.41) is 2.59. The number of rotatable bonds is 8. The minimum Gasteiger partial charge on any atom is -0.383 e. The number of hydrogen-bond acceptors (Lipinski definition) is 4. The molecule has 2 aromatic carbocycles. The Kier molecular flexibility index (Phi) is 7.39. The van der Waals surface area contributed by atoms with Gasteiger partial charge in [0, 0.05) is 25.8 Å². The molecular weight excluding hydrogens is 409 g/mol. The Labute approximate surface area is 167 Å². The van der Waals surface area contributed by atoms with Crippen LogP contribution < -0.4 is 10.0 Å². The lowest BCUT2D eigenvalue weighted by Crippen LogP contribution is -2.28. The molecule has 2 aromatic rings. The van der Waals surface area contributed by atoms with Crippen LogP contribution in [0.1, 0.15) is 27.0 Å². The van der Waals surface area contributed by atoms with Gasteiger partial charge in [-0.3, -0.25) is 4.79 Å². The number of alkyl halides is 3. The van der Waals surface area contributed by atoms with E-state index >= 15 is 0 Å². The van der Waals surface area contributed by atoms with Gasteiger partial charge in [-0.05, 0) is 42.3 Å². The Hall–Kier alpha value is -2.43. The van der Waals surface area contributed by atoms with E-state index in [0.29, 0.717) is 11.1 Å². The topological polar surface area (TPSA) is 84.5 Å². The molecule has 0 fully saturated rings. The molecular formula is C19H21F3N2O4S. The van der Waals surface area contributed by atoms with Crippen LogP contribution in [-0.4, -0.2) is 34.6 Å². The molecule has 29 heavy (non-hydrogen) atoms. The van der Waals surface area contributed by atoms with Crippen molar-refractivity contribution in [3.05, 3.63) is 64.7 Å². The number of amides is 1. The Bertz CT molecular complexity index is 958. The summed E-state index contributed by atoms with van der Waals surface area (Å²) in [6.45, 7) is 1.94. The van der Waals surface area contributed by atoms with Crippen LogP contribution in [0, 0.1) is 6.92 Å². The predicted molar refractivity (Wildman–Crippen MR) is 101 cm³/mol. The summed E-state index contributed by atoms with van der Waals surface area (Å²) in [4.78, 5) is 12.4. The summed E-state index contributed by atoms with van der Waals surface area (Å²) >= 11 is 0. The molecule has 6 nitrogen and oxygen atoms in total. The number of aryl methyl sites for hydroxylation is 1. The van der Waals surface area contributed by atoms with E-state index in [1.807, 2.05) is 0 Å². The van der Waals surface area contributed by atoms with Crippen molar-refractivity contribution in [3.63, 3.8) is 0 Å². The van der Waals surface area contributed by atoms with Crippen molar-refractivity contribution in [3.8, 4) is 0 Å². The molecule has 2 rings (SSSR count). The zero-order valence-electron chi connectivity index (χ0n) is 15.8. The molecule has 0 aromatic heterocycles. The molecule has 0 aliphatic carbocycles. The molecule has 0 bridgehead atoms. The maximum atomic E-state index is 12.6. The summed E-state index contributed by atoms with van der Waals surface area (Å²) in [6.07, 6.45) is -4.43. The minimum absolute atomic E-state index is 0.000519. The number of carbonyl (C=O) groups excluding carboxylic acids is 1. The highest BCUT2D eigenvalue weighted by Crippen LogP contribution is 2.29. The standard InChI is InChI=1S/C19H21F3N2O4S/c1-13-3-8-16(29(26,27)24-9-10-28-2)11-17(13)18(25)23-12-14-4-6-15(7-5-14)19(20,21)22/h3-8,11,24H,9-10,12H2,1-2H3,(H,23,25). The highest BCUT2D eigenvalue weighted by atomic mass is 32.2. The van der Waals surface area contributed by atoms with E-state index in [-0.39, 0.29) is 30.2 Å². The van der Waals surface area contributed by atoms with Gasteiger partial charge in [0.25, 0.3) is 5.91 Å². The number of nitrogens with one attached hydrogen (secondary N) is 2. The molecule has 10 heteroatoms. The number of methoxy groups -OCH3 is 1. The van der Waals surface area contributed by atoms with Gasteiger partial charge in [0.1, 0.15) is 0 Å². The molecule has 2 N–H and O–H groups in total. The van der Waals surface area contributed by atoms with E-state index in [4.69, 9.17) is 4.74 Å². The predicted octanol–water partition coefficient (Wildman–Crippen LogP) is 2.87. The molecule has 1 amide bonds. The Morgan fingerprint density at radius 3 is 2.34 bits per heavy atom. The summed E-state index contributed by atoms with van der Waals surface area (Å²) < 4.78 is 69.6. The van der Waals surface area contributed by atoms with Crippen LogP contribution in [0.2, 0.25) is 0 Å². The largest absolute Gasteiger partial charge is 0.416 e. The van der Waals surface area contributed by atoms with E-state index in [1.54, 1.807) is 6.92 Å². The first-order valence-electron chi connectivity index (χ1n) is 8.58. The lowest BCUT2D eigenvalue weighted by atomic mass is 10.1. The lowest BCUT2D eigenvalue weighted by Gasteiger charge is -2.12. The first-order valence-corrected chi connectivity index (χ1v) is 10.1. The second-order valence-corrected chi connectivity index (χ2v) is 8.01. The van der Waals surface area contributed by atoms with Gasteiger partial charge >= 0.3 is 6.18 Å². The summed E-state index contributed by atoms with van der Waals surface area (Å²) in [7, 11) is -2.36. The second-order valence-electron chi connectivity index (χ2n) is 6.24. The molecule has 0 saturated heterocycles. The highest BCUT2D eigenvalue weighted by molar-refractivity contribution is 7.89. The number of ether oxygens (including phenoxy) is 1. The Morgan fingerprint density at radius 2 is 1.76 bits per heavy atom. The zero-order valence-corrected chi connectivity index (χ0v) is 16.7. The van der Waals surface area contributed by atoms with Crippen LogP contribution in [0.3, 0.4) is 0 Å². The second kappa shape index (κ2) is 9.38. The quantitative estimate of drug-likeness (QED) is 0.631. The van der Waals surface area contributed by atoms with Crippen LogP contribution in [0.15, 0.2) is 47.4 Å². The molecule has 0 aliphatic heterocycles. The van der Waals surface area contributed by atoms with Crippen molar-refractivity contribution in [1.82, 2.24) is 10.0 Å². The molecule has 0 unspecified atom stereocenters. The van der Waals surface area contributed by atoms with Crippen molar-refractivity contribution < 1.29 is 31.1 Å². The van der Waals surface area contributed by atoms with E-state index in [9.17, 15) is 26.4 Å². The number of benzene rings is 2. The smallest absolute Gasteiger partial charge is 0.383 e. The molecule has 0 saturated carbocycles. The van der Waals surface area contributed by atoms with Crippen molar-refractivity contribution in [1.29, 1.82) is 0 Å². The molecule has 158 valence electrons. The van der Waals surface area contributed by atoms with Crippen LogP contribution in [0.4, 0.5) is 13.2 Å². The maximum Gasteiger partial charge on any atom is 0.416 e. The van der Waals surface area contributed by atoms with Gasteiger partial charge in [-0.25, -0.2) is 13.1 Å². The first kappa shape index (κ1) is 22.9. The van der Waals surface area contributed by atoms with Crippen molar-refractivity contribution in [2.24, 2.45) is 0 Å². The van der Waals surface area contributed by atoms with Crippen LogP contribution >= 0.6 is 0 Å². The summed E-state index contributed by atoms with van der Waals surface area (Å²) in [5.41, 5.74) is 0.425. The third-order valence-electron chi connectivity index (χ3n) is 4.10. The third-order valence-corrected chi connectivity index (χ3v) is 5.56. The third kappa shape index (κ3) is 6.28. The van der Waals surface area contributed by atoms with E-state index in [2.05, 4.69) is 10.0 Å². The first-order chi connectivity index (χ1) is 13.5. The van der Waals surface area contributed by atoms with Gasteiger partial charge in [-0.2, -0.15) is 13.2 Å². The number of carbonyl (C=O) groups is 1. The number of hydrogen-bond donors (Lipinski definition) is 2. The van der Waals surface area contributed by atoms with Crippen LogP contribution in [0.5, 0.6) is 0 Å². The van der Waals surface area contributed by atoms with Gasteiger partial charge < -0.3 is 10.1 Å². The summed E-state index contributed by atoms with van der Waals surface area (Å²) in [6, 6.07) is 8.58. The van der Waals surface area contributed by atoms with E-state index in [0.717, 1.165) is 12.1 Å². The summed E-state index contributed by atoms with van der Waals surface area (Å²) in [5.74, 6) is -0.531. The van der Waals surface area contributed by atoms with Crippen molar-refractivity contribution >= 4 is 15.9 Å². The van der Waals surface area contributed by atoms with Gasteiger partial charge in [-0.1, -0.05) is 18.2 Å². The monoisotopic (exact) mass is 430 g/mol. The maximum absolute atomic E-state index is 12.6. The Morgan fingerprint density at radius 1 is 1.10 bits per heavy atom. The normalized spacial score (nSPS) is 12.0. The van der Waals surface area contributed by atoms with Gasteiger partial charge in [-0.15, -0.1) is 0 Å². The fourth-order valence-corrected chi connectivity index (χ4v) is 3.50. The average molecular weight is 430 g/mol. The highest BCUT2D eigenvalue weighted by Gasteiger charge is 2.29. The fraction of sp³-hybridized carbons (Fsp3) is 0.316. The van der Waals surface area contributed by atoms with Crippen LogP contribution in [-0.2, 0) is 27.5 Å². The molecule has 0 atom stereocenters. The molecule has 0 spiro atoms. The zero-order chi connectivity index (χ0) is 21.7. The minimum atomic E-state index is -4.43. The van der Waals surface area contributed by atoms with Crippen LogP contribution in [0.25, 0.3) is 0 Å². The van der Waals surface area contributed by atoms with Gasteiger partial charge in [0.15, 0.2) is 0 Å². The van der Waals surface area contributed by atoms with E-state index < -0.39 is 27.7 Å². The van der Waals surface area contributed by atoms with Crippen molar-refractivity contribution in [2.75, 3.05) is 20.3 Å². The van der Waals surface area contributed by atoms with Gasteiger partial charge in [0.05, 0.1) is 17.1 Å². The molecule has 0 aliphatic rings. The number of halogens is 3. The molecule has 0 heterocycles. The Balaban J connectivity index is 2.10. The van der Waals surface area contributed by atoms with Crippen molar-refractivity contribution in [2.45, 2.75) is 24.5 Å². The number of sulfonamides is 1. The van der Waals surface area contributed by atoms with E-state index in [1.165, 1.54) is 37.4 Å². The lowest BCUT2D eigenvalue weighted by molar-refractivity contribution is -0.137. The fourth-order valence-electron chi connectivity index (χ4n) is 2.46. The molecule has 0 radical (unpaired) electrons. The van der Waals surface area contributed by atoms with Gasteiger partial charge in [0.2, 0.25) is 10.0 Å².